The van der Waals surface area contributed by atoms with E-state index in [1.807, 2.05) is 54.6 Å². The van der Waals surface area contributed by atoms with Gasteiger partial charge in [0.25, 0.3) is 11.6 Å². The van der Waals surface area contributed by atoms with Crippen molar-refractivity contribution < 1.29 is 14.5 Å². The molecule has 7 heteroatoms. The number of nitro groups is 1. The molecule has 0 unspecified atom stereocenters. The molecular weight excluding hydrogens is 424 g/mol. The van der Waals surface area contributed by atoms with Crippen molar-refractivity contribution in [3.05, 3.63) is 87.4 Å². The van der Waals surface area contributed by atoms with Gasteiger partial charge in [0.1, 0.15) is 5.75 Å². The second-order valence-corrected chi connectivity index (χ2v) is 6.92. The molecule has 0 radical (unpaired) electrons. The third-order valence-electron chi connectivity index (χ3n) is 4.06. The Morgan fingerprint density at radius 2 is 1.68 bits per heavy atom. The van der Waals surface area contributed by atoms with Gasteiger partial charge in [0.2, 0.25) is 0 Å². The number of nitrogens with one attached hydrogen (secondary N) is 1. The highest BCUT2D eigenvalue weighted by Gasteiger charge is 2.17. The van der Waals surface area contributed by atoms with Crippen molar-refractivity contribution in [2.24, 2.45) is 0 Å². The number of non-ortho nitro benzene ring substituents is 1. The van der Waals surface area contributed by atoms with Crippen LogP contribution in [0.5, 0.6) is 5.75 Å². The van der Waals surface area contributed by atoms with Gasteiger partial charge < -0.3 is 10.1 Å². The number of carbonyl (C=O) groups is 1. The number of amides is 1. The minimum Gasteiger partial charge on any atom is -0.481 e. The maximum atomic E-state index is 12.4. The Morgan fingerprint density at radius 1 is 1.04 bits per heavy atom. The Balaban J connectivity index is 1.63. The van der Waals surface area contributed by atoms with E-state index in [9.17, 15) is 14.9 Å². The first-order valence-corrected chi connectivity index (χ1v) is 9.30. The molecule has 1 amide bonds. The molecule has 6 nitrogen and oxygen atoms in total. The lowest BCUT2D eigenvalue weighted by atomic mass is 10.1. The molecule has 0 heterocycles. The van der Waals surface area contributed by atoms with Gasteiger partial charge in [0.15, 0.2) is 6.10 Å². The predicted octanol–water partition coefficient (Wildman–Crippen LogP) is 5.43. The minimum atomic E-state index is -0.746. The van der Waals surface area contributed by atoms with Crippen molar-refractivity contribution in [1.82, 2.24) is 0 Å². The first-order chi connectivity index (χ1) is 13.4. The average Bonchev–Trinajstić information content (AvgIpc) is 2.70. The Hall–Kier alpha value is -3.19. The van der Waals surface area contributed by atoms with E-state index in [0.29, 0.717) is 15.9 Å². The molecule has 3 rings (SSSR count). The van der Waals surface area contributed by atoms with Crippen molar-refractivity contribution >= 4 is 33.2 Å². The Labute approximate surface area is 170 Å². The Morgan fingerprint density at radius 3 is 2.29 bits per heavy atom. The van der Waals surface area contributed by atoms with Crippen LogP contribution in [-0.2, 0) is 4.79 Å². The molecule has 3 aromatic carbocycles. The molecule has 0 aliphatic heterocycles. The minimum absolute atomic E-state index is 0.0623. The lowest BCUT2D eigenvalue weighted by Gasteiger charge is -2.15. The van der Waals surface area contributed by atoms with Crippen LogP contribution in [0.25, 0.3) is 11.1 Å². The summed E-state index contributed by atoms with van der Waals surface area (Å²) in [5.74, 6) is 0.215. The number of carbonyl (C=O) groups excluding carboxylic acids is 1. The Bertz CT molecular complexity index is 991. The molecule has 0 spiro atoms. The summed E-state index contributed by atoms with van der Waals surface area (Å²) in [6, 6.07) is 21.6. The van der Waals surface area contributed by atoms with Gasteiger partial charge >= 0.3 is 0 Å². The SMILES string of the molecule is C[C@@H](Oc1ccc(-c2ccccc2)cc1)C(=O)Nc1ccc([N+](=O)[O-])cc1Br. The first-order valence-electron chi connectivity index (χ1n) is 8.51. The summed E-state index contributed by atoms with van der Waals surface area (Å²) in [5.41, 5.74) is 2.53. The van der Waals surface area contributed by atoms with Crippen LogP contribution in [0, 0.1) is 10.1 Å². The maximum absolute atomic E-state index is 12.4. The van der Waals surface area contributed by atoms with Crippen molar-refractivity contribution in [1.29, 1.82) is 0 Å². The van der Waals surface area contributed by atoms with Crippen LogP contribution in [-0.4, -0.2) is 16.9 Å². The zero-order valence-electron chi connectivity index (χ0n) is 15.0. The van der Waals surface area contributed by atoms with E-state index in [0.717, 1.165) is 11.1 Å². The van der Waals surface area contributed by atoms with Gasteiger partial charge in [-0.15, -0.1) is 0 Å². The fourth-order valence-corrected chi connectivity index (χ4v) is 3.03. The van der Waals surface area contributed by atoms with E-state index in [4.69, 9.17) is 4.74 Å². The van der Waals surface area contributed by atoms with Crippen LogP contribution in [0.15, 0.2) is 77.3 Å². The van der Waals surface area contributed by atoms with E-state index in [1.54, 1.807) is 6.92 Å². The lowest BCUT2D eigenvalue weighted by molar-refractivity contribution is -0.384. The number of hydrogen-bond acceptors (Lipinski definition) is 4. The van der Waals surface area contributed by atoms with Gasteiger partial charge in [-0.1, -0.05) is 42.5 Å². The summed E-state index contributed by atoms with van der Waals surface area (Å²) >= 11 is 3.23. The second kappa shape index (κ2) is 8.67. The molecule has 1 atom stereocenters. The molecule has 3 aromatic rings. The van der Waals surface area contributed by atoms with Gasteiger partial charge in [-0.3, -0.25) is 14.9 Å². The van der Waals surface area contributed by atoms with Gasteiger partial charge in [-0.25, -0.2) is 0 Å². The molecule has 0 aromatic heterocycles. The third-order valence-corrected chi connectivity index (χ3v) is 4.72. The standard InChI is InChI=1S/C21H17BrN2O4/c1-14(21(25)23-20-12-9-17(24(26)27)13-19(20)22)28-18-10-7-16(8-11-18)15-5-3-2-4-6-15/h2-14H,1H3,(H,23,25)/t14-/m1/s1. The molecule has 1 N–H and O–H groups in total. The van der Waals surface area contributed by atoms with Crippen molar-refractivity contribution in [2.45, 2.75) is 13.0 Å². The predicted molar refractivity (Wildman–Crippen MR) is 111 cm³/mol. The van der Waals surface area contributed by atoms with Crippen LogP contribution in [0.2, 0.25) is 0 Å². The quantitative estimate of drug-likeness (QED) is 0.409. The molecule has 0 aliphatic rings. The van der Waals surface area contributed by atoms with E-state index < -0.39 is 11.0 Å². The maximum Gasteiger partial charge on any atom is 0.270 e. The van der Waals surface area contributed by atoms with E-state index in [1.165, 1.54) is 18.2 Å². The van der Waals surface area contributed by atoms with E-state index >= 15 is 0 Å². The summed E-state index contributed by atoms with van der Waals surface area (Å²) in [4.78, 5) is 22.7. The molecule has 0 saturated carbocycles. The second-order valence-electron chi connectivity index (χ2n) is 6.06. The van der Waals surface area contributed by atoms with Crippen molar-refractivity contribution in [3.63, 3.8) is 0 Å². The van der Waals surface area contributed by atoms with Crippen LogP contribution >= 0.6 is 15.9 Å². The highest BCUT2D eigenvalue weighted by molar-refractivity contribution is 9.10. The van der Waals surface area contributed by atoms with Crippen LogP contribution in [0.4, 0.5) is 11.4 Å². The fraction of sp³-hybridized carbons (Fsp3) is 0.0952. The summed E-state index contributed by atoms with van der Waals surface area (Å²) < 4.78 is 6.13. The molecule has 0 bridgehead atoms. The third kappa shape index (κ3) is 4.75. The number of ether oxygens (including phenoxy) is 1. The van der Waals surface area contributed by atoms with Crippen molar-refractivity contribution in [2.75, 3.05) is 5.32 Å². The number of rotatable bonds is 6. The number of nitrogens with zero attached hydrogens (tertiary/aromatic N) is 1. The van der Waals surface area contributed by atoms with Crippen LogP contribution < -0.4 is 10.1 Å². The first kappa shape index (κ1) is 19.6. The number of benzene rings is 3. The highest BCUT2D eigenvalue weighted by atomic mass is 79.9. The number of anilines is 1. The summed E-state index contributed by atoms with van der Waals surface area (Å²) in [7, 11) is 0. The number of hydrogen-bond donors (Lipinski definition) is 1. The average molecular weight is 441 g/mol. The monoisotopic (exact) mass is 440 g/mol. The van der Waals surface area contributed by atoms with Gasteiger partial charge in [-0.05, 0) is 52.2 Å². The normalized spacial score (nSPS) is 11.5. The fourth-order valence-electron chi connectivity index (χ4n) is 2.57. The van der Waals surface area contributed by atoms with E-state index in [-0.39, 0.29) is 11.6 Å². The van der Waals surface area contributed by atoms with Crippen molar-refractivity contribution in [3.8, 4) is 16.9 Å². The molecule has 0 saturated heterocycles. The summed E-state index contributed by atoms with van der Waals surface area (Å²) in [6.07, 6.45) is -0.746. The Kier molecular flexibility index (Phi) is 6.06. The van der Waals surface area contributed by atoms with Gasteiger partial charge in [0.05, 0.1) is 10.6 Å². The molecule has 0 aliphatic carbocycles. The van der Waals surface area contributed by atoms with E-state index in [2.05, 4.69) is 21.2 Å². The van der Waals surface area contributed by atoms with Gasteiger partial charge in [0, 0.05) is 16.6 Å². The molecule has 0 fully saturated rings. The summed E-state index contributed by atoms with van der Waals surface area (Å²) in [6.45, 7) is 1.64. The molecule has 28 heavy (non-hydrogen) atoms. The number of nitro benzene ring substituents is 1. The number of halogens is 1. The molecular formula is C21H17BrN2O4. The topological polar surface area (TPSA) is 81.5 Å². The van der Waals surface area contributed by atoms with Gasteiger partial charge in [-0.2, -0.15) is 0 Å². The highest BCUT2D eigenvalue weighted by Crippen LogP contribution is 2.27. The largest absolute Gasteiger partial charge is 0.481 e. The zero-order valence-corrected chi connectivity index (χ0v) is 16.5. The lowest BCUT2D eigenvalue weighted by Crippen LogP contribution is -2.30. The van der Waals surface area contributed by atoms with Crippen LogP contribution in [0.3, 0.4) is 0 Å². The summed E-state index contributed by atoms with van der Waals surface area (Å²) in [5, 5.41) is 13.5. The molecule has 142 valence electrons. The smallest absolute Gasteiger partial charge is 0.270 e. The zero-order chi connectivity index (χ0) is 20.1. The van der Waals surface area contributed by atoms with Crippen LogP contribution in [0.1, 0.15) is 6.92 Å².